The second kappa shape index (κ2) is 4.24. The minimum atomic E-state index is -3.99. The van der Waals surface area contributed by atoms with Gasteiger partial charge in [-0.15, -0.1) is 0 Å². The average Bonchev–Trinajstić information content (AvgIpc) is 2.15. The minimum absolute atomic E-state index is 0.164. The number of rotatable bonds is 3. The summed E-state index contributed by atoms with van der Waals surface area (Å²) >= 11 is 0. The lowest BCUT2D eigenvalue weighted by Gasteiger charge is -2.08. The Labute approximate surface area is 91.0 Å². The number of hydrogen-bond acceptors (Lipinski definition) is 4. The zero-order valence-corrected chi connectivity index (χ0v) is 9.52. The Bertz CT molecular complexity index is 472. The van der Waals surface area contributed by atoms with Crippen LogP contribution in [0.4, 0.5) is 4.39 Å². The van der Waals surface area contributed by atoms with Gasteiger partial charge in [0.25, 0.3) is 9.05 Å². The van der Waals surface area contributed by atoms with E-state index in [0.29, 0.717) is 0 Å². The maximum absolute atomic E-state index is 13.2. The van der Waals surface area contributed by atoms with Crippen molar-refractivity contribution >= 4 is 19.7 Å². The molecule has 0 saturated heterocycles. The van der Waals surface area contributed by atoms with Gasteiger partial charge >= 0.3 is 0 Å². The predicted octanol–water partition coefficient (Wildman–Crippen LogP) is 1.77. The van der Waals surface area contributed by atoms with Gasteiger partial charge in [0.1, 0.15) is 10.6 Å². The van der Waals surface area contributed by atoms with Crippen LogP contribution in [0.1, 0.15) is 0 Å². The van der Waals surface area contributed by atoms with Crippen molar-refractivity contribution in [1.29, 1.82) is 0 Å². The van der Waals surface area contributed by atoms with Crippen molar-refractivity contribution in [3.05, 3.63) is 17.9 Å². The fourth-order valence-electron chi connectivity index (χ4n) is 1.02. The van der Waals surface area contributed by atoms with Gasteiger partial charge in [0.2, 0.25) is 0 Å². The summed E-state index contributed by atoms with van der Waals surface area (Å²) in [4.78, 5) is -0.329. The molecule has 0 aliphatic rings. The maximum Gasteiger partial charge on any atom is 0.265 e. The molecule has 0 radical (unpaired) electrons. The molecular formula is C8H8ClFO4S. The molecule has 1 aromatic carbocycles. The average molecular weight is 255 g/mol. The van der Waals surface area contributed by atoms with E-state index in [9.17, 15) is 12.8 Å². The van der Waals surface area contributed by atoms with E-state index in [1.54, 1.807) is 0 Å². The third-order valence-corrected chi connectivity index (χ3v) is 3.04. The van der Waals surface area contributed by atoms with Crippen molar-refractivity contribution < 1.29 is 22.3 Å². The second-order valence-electron chi connectivity index (χ2n) is 2.58. The van der Waals surface area contributed by atoms with Crippen molar-refractivity contribution in [3.63, 3.8) is 0 Å². The van der Waals surface area contributed by atoms with Crippen LogP contribution in [0.3, 0.4) is 0 Å². The van der Waals surface area contributed by atoms with Gasteiger partial charge in [-0.05, 0) is 0 Å². The molecule has 1 rings (SSSR count). The quantitative estimate of drug-likeness (QED) is 0.772. The zero-order valence-electron chi connectivity index (χ0n) is 7.95. The molecule has 84 valence electrons. The molecule has 0 amide bonds. The first-order valence-electron chi connectivity index (χ1n) is 3.76. The fourth-order valence-corrected chi connectivity index (χ4v) is 2.02. The third kappa shape index (κ3) is 2.51. The molecule has 0 bridgehead atoms. The summed E-state index contributed by atoms with van der Waals surface area (Å²) in [7, 11) is 3.58. The van der Waals surface area contributed by atoms with Gasteiger partial charge in [0.15, 0.2) is 11.6 Å². The monoisotopic (exact) mass is 254 g/mol. The first-order chi connectivity index (χ1) is 6.90. The molecule has 0 heterocycles. The lowest BCUT2D eigenvalue weighted by atomic mass is 10.3. The van der Waals surface area contributed by atoms with Crippen molar-refractivity contribution in [2.75, 3.05) is 14.2 Å². The first-order valence-corrected chi connectivity index (χ1v) is 6.07. The van der Waals surface area contributed by atoms with E-state index in [0.717, 1.165) is 12.1 Å². The van der Waals surface area contributed by atoms with E-state index in [2.05, 4.69) is 4.74 Å². The largest absolute Gasteiger partial charge is 0.495 e. The van der Waals surface area contributed by atoms with Gasteiger partial charge in [-0.2, -0.15) is 0 Å². The molecule has 1 aromatic rings. The molecule has 0 atom stereocenters. The minimum Gasteiger partial charge on any atom is -0.495 e. The van der Waals surface area contributed by atoms with Crippen LogP contribution in [0.5, 0.6) is 11.5 Å². The van der Waals surface area contributed by atoms with Crippen molar-refractivity contribution in [1.82, 2.24) is 0 Å². The molecule has 0 saturated carbocycles. The molecule has 7 heteroatoms. The van der Waals surface area contributed by atoms with Crippen LogP contribution in [0, 0.1) is 5.82 Å². The van der Waals surface area contributed by atoms with Crippen molar-refractivity contribution in [2.45, 2.75) is 4.90 Å². The van der Waals surface area contributed by atoms with E-state index in [1.807, 2.05) is 0 Å². The van der Waals surface area contributed by atoms with Gasteiger partial charge in [-0.25, -0.2) is 12.8 Å². The summed E-state index contributed by atoms with van der Waals surface area (Å²) in [5.74, 6) is -1.10. The van der Waals surface area contributed by atoms with Crippen LogP contribution in [0.25, 0.3) is 0 Å². The van der Waals surface area contributed by atoms with E-state index in [1.165, 1.54) is 14.2 Å². The molecular weight excluding hydrogens is 247 g/mol. The number of hydrogen-bond donors (Lipinski definition) is 0. The Balaban J connectivity index is 3.49. The summed E-state index contributed by atoms with van der Waals surface area (Å²) < 4.78 is 44.7. The van der Waals surface area contributed by atoms with Gasteiger partial charge in [-0.1, -0.05) is 0 Å². The Morgan fingerprint density at radius 3 is 2.13 bits per heavy atom. The van der Waals surface area contributed by atoms with E-state index >= 15 is 0 Å². The molecule has 0 N–H and O–H groups in total. The lowest BCUT2D eigenvalue weighted by Crippen LogP contribution is -1.99. The van der Waals surface area contributed by atoms with Gasteiger partial charge in [0, 0.05) is 22.8 Å². The summed E-state index contributed by atoms with van der Waals surface area (Å²) in [5.41, 5.74) is 0. The van der Waals surface area contributed by atoms with Gasteiger partial charge in [0.05, 0.1) is 14.2 Å². The van der Waals surface area contributed by atoms with E-state index in [4.69, 9.17) is 15.4 Å². The van der Waals surface area contributed by atoms with Crippen LogP contribution in [0.2, 0.25) is 0 Å². The Kier molecular flexibility index (Phi) is 3.41. The molecule has 15 heavy (non-hydrogen) atoms. The van der Waals surface area contributed by atoms with Crippen LogP contribution in [0.15, 0.2) is 17.0 Å². The summed E-state index contributed by atoms with van der Waals surface area (Å²) in [5, 5.41) is 0. The normalized spacial score (nSPS) is 11.2. The van der Waals surface area contributed by atoms with Gasteiger partial charge < -0.3 is 9.47 Å². The lowest BCUT2D eigenvalue weighted by molar-refractivity contribution is 0.370. The highest BCUT2D eigenvalue weighted by Gasteiger charge is 2.20. The molecule has 0 aliphatic heterocycles. The maximum atomic E-state index is 13.2. The molecule has 4 nitrogen and oxygen atoms in total. The number of methoxy groups -OCH3 is 2. The number of ether oxygens (including phenoxy) is 2. The second-order valence-corrected chi connectivity index (χ2v) is 5.11. The standard InChI is InChI=1S/C8H8ClFO4S/c1-13-6-4-8(15(9,11)12)7(14-2)3-5(6)10/h3-4H,1-2H3. The number of benzene rings is 1. The van der Waals surface area contributed by atoms with Crippen LogP contribution in [-0.2, 0) is 9.05 Å². The predicted molar refractivity (Wildman–Crippen MR) is 52.5 cm³/mol. The van der Waals surface area contributed by atoms with Crippen molar-refractivity contribution in [3.8, 4) is 11.5 Å². The molecule has 0 unspecified atom stereocenters. The topological polar surface area (TPSA) is 52.6 Å². The molecule has 0 fully saturated rings. The third-order valence-electron chi connectivity index (χ3n) is 1.70. The Morgan fingerprint density at radius 2 is 1.73 bits per heavy atom. The molecule has 0 spiro atoms. The Morgan fingerprint density at radius 1 is 1.20 bits per heavy atom. The summed E-state index contributed by atoms with van der Waals surface area (Å²) in [6.07, 6.45) is 0. The molecule has 0 aromatic heterocycles. The van der Waals surface area contributed by atoms with Crippen LogP contribution >= 0.6 is 10.7 Å². The smallest absolute Gasteiger partial charge is 0.265 e. The highest BCUT2D eigenvalue weighted by atomic mass is 35.7. The summed E-state index contributed by atoms with van der Waals surface area (Å²) in [6, 6.07) is 1.87. The highest BCUT2D eigenvalue weighted by molar-refractivity contribution is 8.13. The van der Waals surface area contributed by atoms with Crippen LogP contribution < -0.4 is 9.47 Å². The summed E-state index contributed by atoms with van der Waals surface area (Å²) in [6.45, 7) is 0. The fraction of sp³-hybridized carbons (Fsp3) is 0.250. The van der Waals surface area contributed by atoms with Crippen LogP contribution in [-0.4, -0.2) is 22.6 Å². The number of halogens is 2. The molecule has 0 aliphatic carbocycles. The first kappa shape index (κ1) is 12.1. The van der Waals surface area contributed by atoms with E-state index < -0.39 is 14.9 Å². The Hall–Kier alpha value is -1.01. The highest BCUT2D eigenvalue weighted by Crippen LogP contribution is 2.32. The zero-order chi connectivity index (χ0) is 11.6. The van der Waals surface area contributed by atoms with E-state index in [-0.39, 0.29) is 16.4 Å². The SMILES string of the molecule is COc1cc(S(=O)(=O)Cl)c(OC)cc1F. The van der Waals surface area contributed by atoms with Gasteiger partial charge in [-0.3, -0.25) is 0 Å². The van der Waals surface area contributed by atoms with Crippen molar-refractivity contribution in [2.24, 2.45) is 0 Å².